The first-order valence-electron chi connectivity index (χ1n) is 6.52. The first kappa shape index (κ1) is 15.2. The second-order valence-electron chi connectivity index (χ2n) is 4.93. The standard InChI is InChI=1S/C15H25NO2/c1-11-5-6-15(12(2)9-11)13(3)16-8-7-14(17)10-18-4/h5-6,9,13-14,16-17H,7-8,10H2,1-4H3. The highest BCUT2D eigenvalue weighted by Crippen LogP contribution is 2.18. The van der Waals surface area contributed by atoms with Crippen LogP contribution in [0.1, 0.15) is 36.1 Å². The van der Waals surface area contributed by atoms with Crippen LogP contribution in [0.25, 0.3) is 0 Å². The van der Waals surface area contributed by atoms with Gasteiger partial charge in [-0.1, -0.05) is 23.8 Å². The van der Waals surface area contributed by atoms with Crippen molar-refractivity contribution < 1.29 is 9.84 Å². The van der Waals surface area contributed by atoms with Crippen molar-refractivity contribution in [2.24, 2.45) is 0 Å². The monoisotopic (exact) mass is 251 g/mol. The van der Waals surface area contributed by atoms with E-state index in [1.807, 2.05) is 0 Å². The summed E-state index contributed by atoms with van der Waals surface area (Å²) < 4.78 is 4.90. The van der Waals surface area contributed by atoms with E-state index in [2.05, 4.69) is 44.3 Å². The Labute approximate surface area is 110 Å². The molecule has 2 unspecified atom stereocenters. The van der Waals surface area contributed by atoms with E-state index in [0.29, 0.717) is 19.1 Å². The molecule has 0 spiro atoms. The number of nitrogens with one attached hydrogen (secondary N) is 1. The number of rotatable bonds is 7. The van der Waals surface area contributed by atoms with E-state index in [1.54, 1.807) is 7.11 Å². The van der Waals surface area contributed by atoms with Crippen LogP contribution in [0, 0.1) is 13.8 Å². The fourth-order valence-corrected chi connectivity index (χ4v) is 2.16. The zero-order valence-electron chi connectivity index (χ0n) is 11.9. The molecule has 0 amide bonds. The van der Waals surface area contributed by atoms with Crippen LogP contribution >= 0.6 is 0 Å². The molecule has 0 aromatic heterocycles. The zero-order chi connectivity index (χ0) is 13.5. The molecule has 3 heteroatoms. The maximum absolute atomic E-state index is 9.56. The van der Waals surface area contributed by atoms with Crippen LogP contribution in [-0.4, -0.2) is 31.5 Å². The Morgan fingerprint density at radius 1 is 1.33 bits per heavy atom. The van der Waals surface area contributed by atoms with Crippen molar-refractivity contribution in [3.8, 4) is 0 Å². The molecule has 1 rings (SSSR count). The highest BCUT2D eigenvalue weighted by atomic mass is 16.5. The summed E-state index contributed by atoms with van der Waals surface area (Å²) in [4.78, 5) is 0. The average Bonchev–Trinajstić information content (AvgIpc) is 2.29. The average molecular weight is 251 g/mol. The molecule has 0 aliphatic heterocycles. The maximum Gasteiger partial charge on any atom is 0.0785 e. The summed E-state index contributed by atoms with van der Waals surface area (Å²) in [6, 6.07) is 6.82. The van der Waals surface area contributed by atoms with E-state index >= 15 is 0 Å². The molecule has 102 valence electrons. The lowest BCUT2D eigenvalue weighted by molar-refractivity contribution is 0.0590. The lowest BCUT2D eigenvalue weighted by atomic mass is 10.0. The fraction of sp³-hybridized carbons (Fsp3) is 0.600. The Kier molecular flexibility index (Phi) is 6.33. The van der Waals surface area contributed by atoms with E-state index in [4.69, 9.17) is 4.74 Å². The van der Waals surface area contributed by atoms with Crippen LogP contribution in [0.5, 0.6) is 0 Å². The molecule has 3 nitrogen and oxygen atoms in total. The molecule has 0 aliphatic rings. The van der Waals surface area contributed by atoms with Crippen LogP contribution < -0.4 is 5.32 Å². The van der Waals surface area contributed by atoms with Gasteiger partial charge in [-0.3, -0.25) is 0 Å². The molecule has 0 radical (unpaired) electrons. The summed E-state index contributed by atoms with van der Waals surface area (Å²) >= 11 is 0. The Morgan fingerprint density at radius 3 is 2.67 bits per heavy atom. The number of hydrogen-bond donors (Lipinski definition) is 2. The van der Waals surface area contributed by atoms with Crippen molar-refractivity contribution in [2.75, 3.05) is 20.3 Å². The van der Waals surface area contributed by atoms with E-state index in [0.717, 1.165) is 6.54 Å². The largest absolute Gasteiger partial charge is 0.391 e. The van der Waals surface area contributed by atoms with Gasteiger partial charge >= 0.3 is 0 Å². The van der Waals surface area contributed by atoms with Crippen molar-refractivity contribution in [3.63, 3.8) is 0 Å². The number of aliphatic hydroxyl groups is 1. The fourth-order valence-electron chi connectivity index (χ4n) is 2.16. The summed E-state index contributed by atoms with van der Waals surface area (Å²) in [5, 5.41) is 13.0. The van der Waals surface area contributed by atoms with Crippen molar-refractivity contribution >= 4 is 0 Å². The second-order valence-corrected chi connectivity index (χ2v) is 4.93. The molecule has 0 saturated carbocycles. The third-order valence-electron chi connectivity index (χ3n) is 3.18. The number of methoxy groups -OCH3 is 1. The molecule has 0 fully saturated rings. The predicted molar refractivity (Wildman–Crippen MR) is 74.8 cm³/mol. The first-order valence-corrected chi connectivity index (χ1v) is 6.52. The number of ether oxygens (including phenoxy) is 1. The van der Waals surface area contributed by atoms with Crippen molar-refractivity contribution in [1.82, 2.24) is 5.32 Å². The van der Waals surface area contributed by atoms with Gasteiger partial charge in [0.25, 0.3) is 0 Å². The molecule has 2 N–H and O–H groups in total. The molecule has 0 heterocycles. The van der Waals surface area contributed by atoms with Gasteiger partial charge in [0.1, 0.15) is 0 Å². The third-order valence-corrected chi connectivity index (χ3v) is 3.18. The normalized spacial score (nSPS) is 14.5. The van der Waals surface area contributed by atoms with Gasteiger partial charge in [-0.15, -0.1) is 0 Å². The molecule has 0 bridgehead atoms. The zero-order valence-corrected chi connectivity index (χ0v) is 11.9. The number of aliphatic hydroxyl groups excluding tert-OH is 1. The second kappa shape index (κ2) is 7.52. The topological polar surface area (TPSA) is 41.5 Å². The van der Waals surface area contributed by atoms with Gasteiger partial charge in [0.2, 0.25) is 0 Å². The smallest absolute Gasteiger partial charge is 0.0785 e. The lowest BCUT2D eigenvalue weighted by Crippen LogP contribution is -2.25. The van der Waals surface area contributed by atoms with Crippen molar-refractivity contribution in [2.45, 2.75) is 39.3 Å². The van der Waals surface area contributed by atoms with E-state index in [1.165, 1.54) is 16.7 Å². The number of hydrogen-bond acceptors (Lipinski definition) is 3. The van der Waals surface area contributed by atoms with Gasteiger partial charge in [-0.05, 0) is 44.9 Å². The first-order chi connectivity index (χ1) is 8.54. The van der Waals surface area contributed by atoms with Gasteiger partial charge in [0.05, 0.1) is 12.7 Å². The Bertz CT molecular complexity index is 366. The van der Waals surface area contributed by atoms with Crippen LogP contribution in [0.2, 0.25) is 0 Å². The minimum atomic E-state index is -0.381. The van der Waals surface area contributed by atoms with E-state index in [-0.39, 0.29) is 6.10 Å². The maximum atomic E-state index is 9.56. The molecule has 2 atom stereocenters. The Morgan fingerprint density at radius 2 is 2.06 bits per heavy atom. The van der Waals surface area contributed by atoms with Gasteiger partial charge in [-0.2, -0.15) is 0 Å². The summed E-state index contributed by atoms with van der Waals surface area (Å²) in [5.41, 5.74) is 3.92. The molecule has 1 aromatic rings. The van der Waals surface area contributed by atoms with E-state index in [9.17, 15) is 5.11 Å². The quantitative estimate of drug-likeness (QED) is 0.781. The minimum absolute atomic E-state index is 0.306. The Balaban J connectivity index is 2.43. The number of aryl methyl sites for hydroxylation is 2. The van der Waals surface area contributed by atoms with Gasteiger partial charge in [-0.25, -0.2) is 0 Å². The summed E-state index contributed by atoms with van der Waals surface area (Å²) in [6.45, 7) is 7.59. The summed E-state index contributed by atoms with van der Waals surface area (Å²) in [6.07, 6.45) is 0.331. The minimum Gasteiger partial charge on any atom is -0.391 e. The van der Waals surface area contributed by atoms with Gasteiger partial charge < -0.3 is 15.2 Å². The van der Waals surface area contributed by atoms with Crippen molar-refractivity contribution in [3.05, 3.63) is 34.9 Å². The van der Waals surface area contributed by atoms with Gasteiger partial charge in [0, 0.05) is 13.2 Å². The van der Waals surface area contributed by atoms with Crippen LogP contribution in [0.4, 0.5) is 0 Å². The van der Waals surface area contributed by atoms with Crippen LogP contribution in [0.3, 0.4) is 0 Å². The number of benzene rings is 1. The molecular weight excluding hydrogens is 226 g/mol. The van der Waals surface area contributed by atoms with Crippen molar-refractivity contribution in [1.29, 1.82) is 0 Å². The van der Waals surface area contributed by atoms with Crippen LogP contribution in [-0.2, 0) is 4.74 Å². The van der Waals surface area contributed by atoms with E-state index < -0.39 is 0 Å². The highest BCUT2D eigenvalue weighted by molar-refractivity contribution is 5.32. The highest BCUT2D eigenvalue weighted by Gasteiger charge is 2.09. The Hall–Kier alpha value is -0.900. The van der Waals surface area contributed by atoms with Gasteiger partial charge in [0.15, 0.2) is 0 Å². The molecule has 1 aromatic carbocycles. The molecule has 18 heavy (non-hydrogen) atoms. The molecular formula is C15H25NO2. The molecule has 0 saturated heterocycles. The lowest BCUT2D eigenvalue weighted by Gasteiger charge is -2.18. The summed E-state index contributed by atoms with van der Waals surface area (Å²) in [5.74, 6) is 0. The third kappa shape index (κ3) is 4.77. The summed E-state index contributed by atoms with van der Waals surface area (Å²) in [7, 11) is 1.61. The SMILES string of the molecule is COCC(O)CCNC(C)c1ccc(C)cc1C. The van der Waals surface area contributed by atoms with Crippen LogP contribution in [0.15, 0.2) is 18.2 Å². The predicted octanol–water partition coefficient (Wildman–Crippen LogP) is 2.35. The molecule has 0 aliphatic carbocycles.